The van der Waals surface area contributed by atoms with Crippen molar-refractivity contribution in [3.63, 3.8) is 0 Å². The van der Waals surface area contributed by atoms with E-state index in [1.54, 1.807) is 36.7 Å². The number of pyridine rings is 2. The van der Waals surface area contributed by atoms with Gasteiger partial charge in [-0.15, -0.1) is 0 Å². The summed E-state index contributed by atoms with van der Waals surface area (Å²) in [4.78, 5) is 8.23. The Morgan fingerprint density at radius 3 is 2.70 bits per heavy atom. The minimum Gasteiger partial charge on any atom is -0.383 e. The molecule has 0 aliphatic carbocycles. The van der Waals surface area contributed by atoms with Gasteiger partial charge in [0.05, 0.1) is 10.7 Å². The van der Waals surface area contributed by atoms with Crippen LogP contribution in [0.25, 0.3) is 22.4 Å². The molecule has 6 heteroatoms. The van der Waals surface area contributed by atoms with Gasteiger partial charge in [0.1, 0.15) is 23.3 Å². The normalized spacial score (nSPS) is 10.3. The quantitative estimate of drug-likeness (QED) is 0.771. The molecule has 0 saturated carbocycles. The molecule has 112 valence electrons. The van der Waals surface area contributed by atoms with Gasteiger partial charge in [0, 0.05) is 29.1 Å². The fourth-order valence-electron chi connectivity index (χ4n) is 2.30. The van der Waals surface area contributed by atoms with E-state index in [9.17, 15) is 9.65 Å². The average Bonchev–Trinajstić information content (AvgIpc) is 2.55. The topological polar surface area (TPSA) is 75.6 Å². The van der Waals surface area contributed by atoms with Crippen LogP contribution in [0.4, 0.5) is 10.2 Å². The first-order chi connectivity index (χ1) is 11.1. The smallest absolute Gasteiger partial charge is 0.142 e. The van der Waals surface area contributed by atoms with Crippen LogP contribution >= 0.6 is 11.6 Å². The van der Waals surface area contributed by atoms with E-state index in [0.29, 0.717) is 16.8 Å². The van der Waals surface area contributed by atoms with Crippen molar-refractivity contribution in [3.8, 4) is 28.5 Å². The Morgan fingerprint density at radius 1 is 1.22 bits per heavy atom. The molecule has 2 N–H and O–H groups in total. The molecule has 0 spiro atoms. The molecule has 0 aliphatic rings. The molecule has 2 heterocycles. The highest BCUT2D eigenvalue weighted by Gasteiger charge is 2.18. The molecule has 0 unspecified atom stereocenters. The summed E-state index contributed by atoms with van der Waals surface area (Å²) in [5.74, 6) is -0.514. The number of benzene rings is 1. The van der Waals surface area contributed by atoms with E-state index in [0.717, 1.165) is 0 Å². The molecule has 0 radical (unpaired) electrons. The van der Waals surface area contributed by atoms with Crippen LogP contribution in [0.15, 0.2) is 48.8 Å². The van der Waals surface area contributed by atoms with Crippen LogP contribution in [0.3, 0.4) is 0 Å². The third kappa shape index (κ3) is 2.72. The van der Waals surface area contributed by atoms with Crippen molar-refractivity contribution < 1.29 is 4.39 Å². The fraction of sp³-hybridized carbons (Fsp3) is 0. The van der Waals surface area contributed by atoms with Crippen LogP contribution in [0, 0.1) is 17.1 Å². The Labute approximate surface area is 137 Å². The average molecular weight is 325 g/mol. The predicted octanol–water partition coefficient (Wildman–Crippen LogP) is 4.06. The highest BCUT2D eigenvalue weighted by Crippen LogP contribution is 2.36. The number of hydrogen-bond donors (Lipinski definition) is 1. The lowest BCUT2D eigenvalue weighted by Gasteiger charge is -2.12. The number of nitrogens with zero attached hydrogens (tertiary/aromatic N) is 3. The molecule has 0 bridgehead atoms. The Morgan fingerprint density at radius 2 is 2.04 bits per heavy atom. The first-order valence-corrected chi connectivity index (χ1v) is 7.05. The predicted molar refractivity (Wildman–Crippen MR) is 87.0 cm³/mol. The maximum atomic E-state index is 14.3. The maximum absolute atomic E-state index is 14.3. The first-order valence-electron chi connectivity index (χ1n) is 6.67. The van der Waals surface area contributed by atoms with E-state index in [1.807, 2.05) is 6.07 Å². The van der Waals surface area contributed by atoms with Crippen LogP contribution in [0.2, 0.25) is 5.02 Å². The van der Waals surface area contributed by atoms with Crippen molar-refractivity contribution in [2.45, 2.75) is 0 Å². The lowest BCUT2D eigenvalue weighted by molar-refractivity contribution is 0.631. The van der Waals surface area contributed by atoms with Crippen molar-refractivity contribution in [2.75, 3.05) is 5.73 Å². The zero-order valence-electron chi connectivity index (χ0n) is 11.8. The molecule has 0 amide bonds. The third-order valence-electron chi connectivity index (χ3n) is 3.35. The molecule has 3 aromatic rings. The molecule has 4 nitrogen and oxygen atoms in total. The maximum Gasteiger partial charge on any atom is 0.142 e. The van der Waals surface area contributed by atoms with Crippen LogP contribution in [-0.2, 0) is 0 Å². The number of nitrogen functional groups attached to an aromatic ring is 1. The summed E-state index contributed by atoms with van der Waals surface area (Å²) in [5, 5.41) is 9.55. The monoisotopic (exact) mass is 324 g/mol. The number of halogens is 2. The fourth-order valence-corrected chi connectivity index (χ4v) is 2.56. The molecular formula is C17H10ClFN4. The summed E-state index contributed by atoms with van der Waals surface area (Å²) in [5.41, 5.74) is 7.61. The summed E-state index contributed by atoms with van der Waals surface area (Å²) in [6.07, 6.45) is 3.24. The van der Waals surface area contributed by atoms with Gasteiger partial charge in [-0.05, 0) is 30.3 Å². The molecule has 3 rings (SSSR count). The van der Waals surface area contributed by atoms with Crippen LogP contribution in [0.5, 0.6) is 0 Å². The van der Waals surface area contributed by atoms with Gasteiger partial charge < -0.3 is 5.73 Å². The van der Waals surface area contributed by atoms with Crippen LogP contribution < -0.4 is 5.73 Å². The SMILES string of the molecule is N#Cc1c(-c2c(F)cccc2Cl)cc(-c2cccnc2)nc1N. The highest BCUT2D eigenvalue weighted by atomic mass is 35.5. The minimum atomic E-state index is -0.531. The molecule has 0 saturated heterocycles. The number of nitrogens with two attached hydrogens (primary N) is 1. The van der Waals surface area contributed by atoms with Crippen LogP contribution in [-0.4, -0.2) is 9.97 Å². The van der Waals surface area contributed by atoms with Gasteiger partial charge in [0.25, 0.3) is 0 Å². The first kappa shape index (κ1) is 14.9. The molecule has 0 aliphatic heterocycles. The second-order valence-electron chi connectivity index (χ2n) is 4.77. The second kappa shape index (κ2) is 6.03. The lowest BCUT2D eigenvalue weighted by atomic mass is 9.98. The van der Waals surface area contributed by atoms with E-state index < -0.39 is 5.82 Å². The van der Waals surface area contributed by atoms with E-state index in [2.05, 4.69) is 9.97 Å². The Hall–Kier alpha value is -2.97. The molecule has 0 atom stereocenters. The highest BCUT2D eigenvalue weighted by molar-refractivity contribution is 6.33. The summed E-state index contributed by atoms with van der Waals surface area (Å²) in [7, 11) is 0. The van der Waals surface area contributed by atoms with Crippen molar-refractivity contribution in [1.29, 1.82) is 5.26 Å². The Bertz CT molecular complexity index is 900. The van der Waals surface area contributed by atoms with Gasteiger partial charge in [-0.1, -0.05) is 17.7 Å². The lowest BCUT2D eigenvalue weighted by Crippen LogP contribution is -2.01. The zero-order valence-corrected chi connectivity index (χ0v) is 12.5. The standard InChI is InChI=1S/C17H10ClFN4/c18-13-4-1-5-14(19)16(13)11-7-15(10-3-2-6-22-9-10)23-17(21)12(11)8-20/h1-7,9H,(H2,21,23). The van der Waals surface area contributed by atoms with Gasteiger partial charge >= 0.3 is 0 Å². The summed E-state index contributed by atoms with van der Waals surface area (Å²) in [6, 6.07) is 11.4. The summed E-state index contributed by atoms with van der Waals surface area (Å²) < 4.78 is 14.3. The number of hydrogen-bond acceptors (Lipinski definition) is 4. The number of anilines is 1. The molecule has 0 fully saturated rings. The van der Waals surface area contributed by atoms with Gasteiger partial charge in [-0.2, -0.15) is 5.26 Å². The van der Waals surface area contributed by atoms with Crippen LogP contribution in [0.1, 0.15) is 5.56 Å². The van der Waals surface area contributed by atoms with Gasteiger partial charge in [-0.25, -0.2) is 9.37 Å². The number of nitriles is 1. The minimum absolute atomic E-state index is 0.0168. The van der Waals surface area contributed by atoms with Gasteiger partial charge in [0.2, 0.25) is 0 Å². The summed E-state index contributed by atoms with van der Waals surface area (Å²) >= 11 is 6.12. The van der Waals surface area contributed by atoms with E-state index in [1.165, 1.54) is 12.1 Å². The molecule has 23 heavy (non-hydrogen) atoms. The Balaban J connectivity index is 2.32. The van der Waals surface area contributed by atoms with Crippen molar-refractivity contribution >= 4 is 17.4 Å². The molecule has 1 aromatic carbocycles. The number of aromatic nitrogens is 2. The Kier molecular flexibility index (Phi) is 3.92. The zero-order chi connectivity index (χ0) is 16.4. The second-order valence-corrected chi connectivity index (χ2v) is 5.17. The largest absolute Gasteiger partial charge is 0.383 e. The van der Waals surface area contributed by atoms with Crippen molar-refractivity contribution in [2.24, 2.45) is 0 Å². The van der Waals surface area contributed by atoms with Crippen molar-refractivity contribution in [1.82, 2.24) is 9.97 Å². The number of rotatable bonds is 2. The van der Waals surface area contributed by atoms with E-state index >= 15 is 0 Å². The van der Waals surface area contributed by atoms with E-state index in [4.69, 9.17) is 17.3 Å². The third-order valence-corrected chi connectivity index (χ3v) is 3.66. The molecular weight excluding hydrogens is 315 g/mol. The van der Waals surface area contributed by atoms with E-state index in [-0.39, 0.29) is 22.0 Å². The molecule has 2 aromatic heterocycles. The van der Waals surface area contributed by atoms with Gasteiger partial charge in [-0.3, -0.25) is 4.98 Å². The van der Waals surface area contributed by atoms with Crippen molar-refractivity contribution in [3.05, 3.63) is 65.2 Å². The summed E-state index contributed by atoms with van der Waals surface area (Å²) in [6.45, 7) is 0. The van der Waals surface area contributed by atoms with Gasteiger partial charge in [0.15, 0.2) is 0 Å².